The van der Waals surface area contributed by atoms with Crippen LogP contribution < -0.4 is 4.72 Å². The van der Waals surface area contributed by atoms with Crippen molar-refractivity contribution >= 4 is 10.0 Å². The van der Waals surface area contributed by atoms with Gasteiger partial charge in [-0.15, -0.1) is 0 Å². The summed E-state index contributed by atoms with van der Waals surface area (Å²) >= 11 is 0. The molecule has 1 unspecified atom stereocenters. The average Bonchev–Trinajstić information content (AvgIpc) is 2.16. The number of ether oxygens (including phenoxy) is 1. The van der Waals surface area contributed by atoms with Crippen molar-refractivity contribution in [1.29, 1.82) is 5.26 Å². The van der Waals surface area contributed by atoms with E-state index >= 15 is 0 Å². The van der Waals surface area contributed by atoms with E-state index in [1.54, 1.807) is 13.2 Å². The second kappa shape index (κ2) is 6.76. The highest BCUT2D eigenvalue weighted by atomic mass is 32.2. The summed E-state index contributed by atoms with van der Waals surface area (Å²) in [5.74, 6) is 0. The molecule has 0 fully saturated rings. The van der Waals surface area contributed by atoms with Crippen molar-refractivity contribution in [3.63, 3.8) is 0 Å². The summed E-state index contributed by atoms with van der Waals surface area (Å²) in [5, 5.41) is 7.43. The molecule has 6 heteroatoms. The average molecular weight is 220 g/mol. The van der Waals surface area contributed by atoms with Crippen molar-refractivity contribution in [2.24, 2.45) is 0 Å². The van der Waals surface area contributed by atoms with Gasteiger partial charge in [-0.2, -0.15) is 5.26 Å². The Morgan fingerprint density at radius 1 is 1.50 bits per heavy atom. The fourth-order valence-electron chi connectivity index (χ4n) is 0.780. The summed E-state index contributed by atoms with van der Waals surface area (Å²) in [7, 11) is -1.85. The highest BCUT2D eigenvalue weighted by Crippen LogP contribution is 1.96. The number of sulfonamides is 1. The molecule has 1 atom stereocenters. The number of nitrogens with one attached hydrogen (secondary N) is 1. The Morgan fingerprint density at radius 2 is 2.14 bits per heavy atom. The normalized spacial score (nSPS) is 13.5. The molecular formula is C8H16N2O3S. The molecule has 0 spiro atoms. The van der Waals surface area contributed by atoms with Gasteiger partial charge >= 0.3 is 0 Å². The maximum atomic E-state index is 11.2. The topological polar surface area (TPSA) is 79.2 Å². The third-order valence-corrected chi connectivity index (χ3v) is 3.37. The van der Waals surface area contributed by atoms with Crippen molar-refractivity contribution in [3.05, 3.63) is 0 Å². The molecule has 0 aliphatic carbocycles. The summed E-state index contributed by atoms with van der Waals surface area (Å²) in [6, 6.07) is 1.68. The molecule has 0 rings (SSSR count). The Bertz CT molecular complexity index is 281. The summed E-state index contributed by atoms with van der Waals surface area (Å²) < 4.78 is 29.6. The van der Waals surface area contributed by atoms with Crippen LogP contribution in [0.4, 0.5) is 0 Å². The Morgan fingerprint density at radius 3 is 2.64 bits per heavy atom. The molecule has 0 aromatic carbocycles. The van der Waals surface area contributed by atoms with E-state index in [9.17, 15) is 8.42 Å². The van der Waals surface area contributed by atoms with Gasteiger partial charge in [0.25, 0.3) is 0 Å². The first-order valence-corrected chi connectivity index (χ1v) is 5.96. The highest BCUT2D eigenvalue weighted by molar-refractivity contribution is 7.90. The molecular weight excluding hydrogens is 204 g/mol. The van der Waals surface area contributed by atoms with Crippen LogP contribution in [0.5, 0.6) is 0 Å². The number of nitriles is 1. The van der Waals surface area contributed by atoms with Gasteiger partial charge in [0.2, 0.25) is 10.0 Å². The largest absolute Gasteiger partial charge is 0.385 e. The maximum Gasteiger partial charge on any atom is 0.227 e. The lowest BCUT2D eigenvalue weighted by molar-refractivity contribution is 0.193. The van der Waals surface area contributed by atoms with Crippen LogP contribution in [0.25, 0.3) is 0 Å². The zero-order valence-electron chi connectivity index (χ0n) is 8.49. The SMILES string of the molecule is COCCCCNS(=O)(=O)C(C)C#N. The molecule has 5 nitrogen and oxygen atoms in total. The van der Waals surface area contributed by atoms with Crippen molar-refractivity contribution in [3.8, 4) is 6.07 Å². The van der Waals surface area contributed by atoms with E-state index < -0.39 is 15.3 Å². The maximum absolute atomic E-state index is 11.2. The fourth-order valence-corrected chi connectivity index (χ4v) is 1.60. The molecule has 0 aliphatic heterocycles. The van der Waals surface area contributed by atoms with E-state index in [-0.39, 0.29) is 0 Å². The number of nitrogens with zero attached hydrogens (tertiary/aromatic N) is 1. The quantitative estimate of drug-likeness (QED) is 0.623. The molecule has 0 saturated heterocycles. The van der Waals surface area contributed by atoms with E-state index in [0.717, 1.165) is 6.42 Å². The number of methoxy groups -OCH3 is 1. The molecule has 0 radical (unpaired) electrons. The minimum atomic E-state index is -3.45. The van der Waals surface area contributed by atoms with Crippen LogP contribution in [0.3, 0.4) is 0 Å². The van der Waals surface area contributed by atoms with Crippen LogP contribution in [-0.4, -0.2) is 33.9 Å². The smallest absolute Gasteiger partial charge is 0.227 e. The van der Waals surface area contributed by atoms with Crippen molar-refractivity contribution in [1.82, 2.24) is 4.72 Å². The Labute approximate surface area is 85.1 Å². The van der Waals surface area contributed by atoms with Gasteiger partial charge in [0.1, 0.15) is 0 Å². The van der Waals surface area contributed by atoms with Gasteiger partial charge < -0.3 is 4.74 Å². The van der Waals surface area contributed by atoms with Crippen LogP contribution >= 0.6 is 0 Å². The summed E-state index contributed by atoms with van der Waals surface area (Å²) in [6.07, 6.45) is 1.52. The molecule has 82 valence electrons. The van der Waals surface area contributed by atoms with Crippen LogP contribution in [0.1, 0.15) is 19.8 Å². The minimum Gasteiger partial charge on any atom is -0.385 e. The molecule has 0 aromatic rings. The molecule has 1 N–H and O–H groups in total. The Balaban J connectivity index is 3.74. The number of hydrogen-bond acceptors (Lipinski definition) is 4. The van der Waals surface area contributed by atoms with Gasteiger partial charge in [0.15, 0.2) is 5.25 Å². The van der Waals surface area contributed by atoms with Crippen molar-refractivity contribution < 1.29 is 13.2 Å². The second-order valence-corrected chi connectivity index (χ2v) is 5.00. The molecule has 0 saturated carbocycles. The van der Waals surface area contributed by atoms with Gasteiger partial charge in [-0.05, 0) is 19.8 Å². The molecule has 0 aromatic heterocycles. The molecule has 0 bridgehead atoms. The molecule has 0 aliphatic rings. The fraction of sp³-hybridized carbons (Fsp3) is 0.875. The van der Waals surface area contributed by atoms with Crippen LogP contribution in [0, 0.1) is 11.3 Å². The summed E-state index contributed by atoms with van der Waals surface area (Å²) in [5.41, 5.74) is 0. The lowest BCUT2D eigenvalue weighted by Gasteiger charge is -2.07. The molecule has 14 heavy (non-hydrogen) atoms. The zero-order chi connectivity index (χ0) is 11.0. The minimum absolute atomic E-state index is 0.359. The van der Waals surface area contributed by atoms with Gasteiger partial charge in [0.05, 0.1) is 6.07 Å². The summed E-state index contributed by atoms with van der Waals surface area (Å²) in [4.78, 5) is 0. The monoisotopic (exact) mass is 220 g/mol. The highest BCUT2D eigenvalue weighted by Gasteiger charge is 2.18. The van der Waals surface area contributed by atoms with Gasteiger partial charge in [-0.3, -0.25) is 0 Å². The predicted octanol–water partition coefficient (Wildman–Crippen LogP) is 0.244. The Hall–Kier alpha value is -0.640. The number of unbranched alkanes of at least 4 members (excludes halogenated alkanes) is 1. The van der Waals surface area contributed by atoms with E-state index in [0.29, 0.717) is 19.6 Å². The van der Waals surface area contributed by atoms with Gasteiger partial charge in [-0.25, -0.2) is 13.1 Å². The number of rotatable bonds is 7. The Kier molecular flexibility index (Phi) is 6.45. The van der Waals surface area contributed by atoms with Gasteiger partial charge in [0, 0.05) is 20.3 Å². The standard InChI is InChI=1S/C8H16N2O3S/c1-8(7-9)14(11,12)10-5-3-4-6-13-2/h8,10H,3-6H2,1-2H3. The van der Waals surface area contributed by atoms with Gasteiger partial charge in [-0.1, -0.05) is 0 Å². The van der Waals surface area contributed by atoms with E-state index in [1.165, 1.54) is 6.92 Å². The van der Waals surface area contributed by atoms with E-state index in [4.69, 9.17) is 10.00 Å². The van der Waals surface area contributed by atoms with Crippen LogP contribution in [0.2, 0.25) is 0 Å². The second-order valence-electron chi connectivity index (χ2n) is 2.91. The van der Waals surface area contributed by atoms with Crippen LogP contribution in [-0.2, 0) is 14.8 Å². The summed E-state index contributed by atoms with van der Waals surface area (Å²) in [6.45, 7) is 2.34. The predicted molar refractivity (Wildman–Crippen MR) is 53.1 cm³/mol. The third kappa shape index (κ3) is 5.17. The van der Waals surface area contributed by atoms with E-state index in [2.05, 4.69) is 4.72 Å². The lowest BCUT2D eigenvalue weighted by atomic mass is 10.3. The molecule has 0 amide bonds. The first kappa shape index (κ1) is 13.4. The van der Waals surface area contributed by atoms with Crippen molar-refractivity contribution in [2.45, 2.75) is 25.0 Å². The number of hydrogen-bond donors (Lipinski definition) is 1. The lowest BCUT2D eigenvalue weighted by Crippen LogP contribution is -2.32. The third-order valence-electron chi connectivity index (χ3n) is 1.73. The van der Waals surface area contributed by atoms with E-state index in [1.807, 2.05) is 0 Å². The van der Waals surface area contributed by atoms with Crippen molar-refractivity contribution in [2.75, 3.05) is 20.3 Å². The van der Waals surface area contributed by atoms with Crippen LogP contribution in [0.15, 0.2) is 0 Å². The molecule has 0 heterocycles. The first-order chi connectivity index (χ1) is 6.54. The first-order valence-electron chi connectivity index (χ1n) is 4.41. The zero-order valence-corrected chi connectivity index (χ0v) is 9.30.